The van der Waals surface area contributed by atoms with E-state index in [9.17, 15) is 18.0 Å². The van der Waals surface area contributed by atoms with Crippen molar-refractivity contribution < 1.29 is 18.0 Å². The van der Waals surface area contributed by atoms with Crippen molar-refractivity contribution in [2.45, 2.75) is 38.4 Å². The number of rotatable bonds is 8. The Hall–Kier alpha value is -3.26. The number of benzene rings is 2. The second-order valence-electron chi connectivity index (χ2n) is 7.25. The number of nitrogens with zero attached hydrogens (tertiary/aromatic N) is 2. The van der Waals surface area contributed by atoms with Gasteiger partial charge in [-0.3, -0.25) is 4.79 Å². The summed E-state index contributed by atoms with van der Waals surface area (Å²) in [6.45, 7) is 0.415. The van der Waals surface area contributed by atoms with Crippen molar-refractivity contribution in [1.29, 1.82) is 0 Å². The molecule has 0 saturated carbocycles. The highest BCUT2D eigenvalue weighted by atomic mass is 19.4. The molecule has 1 heterocycles. The van der Waals surface area contributed by atoms with Gasteiger partial charge in [0.25, 0.3) is 0 Å². The summed E-state index contributed by atoms with van der Waals surface area (Å²) in [5.74, 6) is -0.178. The van der Waals surface area contributed by atoms with Gasteiger partial charge in [-0.05, 0) is 35.1 Å². The molecule has 2 aromatic carbocycles. The summed E-state index contributed by atoms with van der Waals surface area (Å²) < 4.78 is 40.5. The fourth-order valence-corrected chi connectivity index (χ4v) is 3.36. The Balaban J connectivity index is 1.85. The second kappa shape index (κ2) is 9.70. The first-order valence-electron chi connectivity index (χ1n) is 9.81. The van der Waals surface area contributed by atoms with Crippen LogP contribution in [0.5, 0.6) is 0 Å². The lowest BCUT2D eigenvalue weighted by atomic mass is 9.98. The van der Waals surface area contributed by atoms with Gasteiger partial charge in [-0.15, -0.1) is 0 Å². The van der Waals surface area contributed by atoms with E-state index in [1.54, 1.807) is 24.3 Å². The Morgan fingerprint density at radius 1 is 0.935 bits per heavy atom. The summed E-state index contributed by atoms with van der Waals surface area (Å²) in [4.78, 5) is 19.5. The second-order valence-corrected chi connectivity index (χ2v) is 7.25. The Morgan fingerprint density at radius 3 is 2.19 bits per heavy atom. The predicted molar refractivity (Wildman–Crippen MR) is 111 cm³/mol. The lowest BCUT2D eigenvalue weighted by Gasteiger charge is -2.14. The number of alkyl halides is 3. The monoisotopic (exact) mass is 428 g/mol. The third-order valence-electron chi connectivity index (χ3n) is 4.96. The molecule has 0 aliphatic carbocycles. The summed E-state index contributed by atoms with van der Waals surface area (Å²) in [7, 11) is 0. The van der Waals surface area contributed by atoms with E-state index in [-0.39, 0.29) is 18.5 Å². The Labute approximate surface area is 178 Å². The summed E-state index contributed by atoms with van der Waals surface area (Å²) in [5.41, 5.74) is 13.3. The average Bonchev–Trinajstić information content (AvgIpc) is 2.72. The van der Waals surface area contributed by atoms with Crippen molar-refractivity contribution in [1.82, 2.24) is 9.97 Å². The van der Waals surface area contributed by atoms with E-state index in [1.165, 1.54) is 0 Å². The molecule has 162 valence electrons. The van der Waals surface area contributed by atoms with E-state index in [0.717, 1.165) is 22.9 Å². The van der Waals surface area contributed by atoms with Gasteiger partial charge in [-0.1, -0.05) is 48.5 Å². The predicted octanol–water partition coefficient (Wildman–Crippen LogP) is 3.36. The number of carbonyl (C=O) groups excluding carboxylic acids is 1. The van der Waals surface area contributed by atoms with Crippen LogP contribution in [0.4, 0.5) is 13.2 Å². The largest absolute Gasteiger partial charge is 0.419 e. The Bertz CT molecular complexity index is 1050. The molecule has 0 unspecified atom stereocenters. The van der Waals surface area contributed by atoms with E-state index in [2.05, 4.69) is 9.97 Å². The topological polar surface area (TPSA) is 94.9 Å². The maximum Gasteiger partial charge on any atom is 0.419 e. The molecule has 8 heteroatoms. The molecule has 3 aromatic rings. The molecule has 3 rings (SSSR count). The number of primary amides is 1. The van der Waals surface area contributed by atoms with Gasteiger partial charge in [0.1, 0.15) is 5.82 Å². The van der Waals surface area contributed by atoms with E-state index < -0.39 is 17.6 Å². The lowest BCUT2D eigenvalue weighted by molar-refractivity contribution is -0.138. The highest BCUT2D eigenvalue weighted by Gasteiger charge is 2.34. The molecular formula is C23H23F3N4O. The minimum Gasteiger partial charge on any atom is -0.369 e. The van der Waals surface area contributed by atoms with E-state index in [1.807, 2.05) is 24.3 Å². The van der Waals surface area contributed by atoms with E-state index >= 15 is 0 Å². The van der Waals surface area contributed by atoms with Crippen LogP contribution in [0.1, 0.15) is 39.3 Å². The highest BCUT2D eigenvalue weighted by Crippen LogP contribution is 2.31. The van der Waals surface area contributed by atoms with Crippen molar-refractivity contribution in [2.24, 2.45) is 11.5 Å². The van der Waals surface area contributed by atoms with Crippen LogP contribution in [0.25, 0.3) is 0 Å². The van der Waals surface area contributed by atoms with Crippen molar-refractivity contribution in [3.63, 3.8) is 0 Å². The standard InChI is InChI=1S/C23H23F3N4O/c24-23(25,26)19-14-29-22(11-15-5-7-16(13-27)8-6-15)30-20(19)10-9-17-3-1-2-4-18(17)12-21(28)31/h1-8,14H,9-13,27H2,(H2,28,31). The minimum atomic E-state index is -4.55. The molecule has 0 spiro atoms. The van der Waals surface area contributed by atoms with Crippen LogP contribution in [0.3, 0.4) is 0 Å². The van der Waals surface area contributed by atoms with Crippen LogP contribution in [0.2, 0.25) is 0 Å². The zero-order chi connectivity index (χ0) is 22.4. The van der Waals surface area contributed by atoms with Crippen LogP contribution in [0, 0.1) is 0 Å². The smallest absolute Gasteiger partial charge is 0.369 e. The van der Waals surface area contributed by atoms with Gasteiger partial charge in [0.15, 0.2) is 0 Å². The molecule has 31 heavy (non-hydrogen) atoms. The fraction of sp³-hybridized carbons (Fsp3) is 0.261. The Morgan fingerprint density at radius 2 is 1.58 bits per heavy atom. The third kappa shape index (κ3) is 6.11. The third-order valence-corrected chi connectivity index (χ3v) is 4.96. The molecule has 0 bridgehead atoms. The first-order chi connectivity index (χ1) is 14.8. The minimum absolute atomic E-state index is 0.0378. The van der Waals surface area contributed by atoms with Crippen molar-refractivity contribution in [2.75, 3.05) is 0 Å². The van der Waals surface area contributed by atoms with E-state index in [4.69, 9.17) is 11.5 Å². The first-order valence-corrected chi connectivity index (χ1v) is 9.81. The molecule has 5 nitrogen and oxygen atoms in total. The number of aromatic nitrogens is 2. The van der Waals surface area contributed by atoms with Gasteiger partial charge < -0.3 is 11.5 Å². The number of halogens is 3. The van der Waals surface area contributed by atoms with Gasteiger partial charge in [0, 0.05) is 19.2 Å². The number of hydrogen-bond donors (Lipinski definition) is 2. The zero-order valence-electron chi connectivity index (χ0n) is 16.8. The molecule has 1 aromatic heterocycles. The maximum atomic E-state index is 13.5. The molecule has 0 fully saturated rings. The average molecular weight is 428 g/mol. The van der Waals surface area contributed by atoms with Crippen LogP contribution < -0.4 is 11.5 Å². The number of aryl methyl sites for hydroxylation is 2. The molecule has 4 N–H and O–H groups in total. The van der Waals surface area contributed by atoms with E-state index in [0.29, 0.717) is 30.8 Å². The molecule has 0 radical (unpaired) electrons. The summed E-state index contributed by atoms with van der Waals surface area (Å²) in [6.07, 6.45) is -2.99. The van der Waals surface area contributed by atoms with Crippen molar-refractivity contribution >= 4 is 5.91 Å². The zero-order valence-corrected chi connectivity index (χ0v) is 16.8. The van der Waals surface area contributed by atoms with Crippen molar-refractivity contribution in [3.05, 3.63) is 94.1 Å². The molecule has 0 aliphatic heterocycles. The normalized spacial score (nSPS) is 11.5. The van der Waals surface area contributed by atoms with Gasteiger partial charge in [0.2, 0.25) is 5.91 Å². The summed E-state index contributed by atoms with van der Waals surface area (Å²) in [6, 6.07) is 14.5. The number of carbonyl (C=O) groups is 1. The first kappa shape index (κ1) is 22.4. The van der Waals surface area contributed by atoms with Gasteiger partial charge >= 0.3 is 6.18 Å². The summed E-state index contributed by atoms with van der Waals surface area (Å²) >= 11 is 0. The van der Waals surface area contributed by atoms with Crippen LogP contribution in [0.15, 0.2) is 54.7 Å². The quantitative estimate of drug-likeness (QED) is 0.575. The maximum absolute atomic E-state index is 13.5. The fourth-order valence-electron chi connectivity index (χ4n) is 3.36. The van der Waals surface area contributed by atoms with Gasteiger partial charge in [0.05, 0.1) is 17.7 Å². The number of amides is 1. The SMILES string of the molecule is NCc1ccc(Cc2ncc(C(F)(F)F)c(CCc3ccccc3CC(N)=O)n2)cc1. The molecule has 0 atom stereocenters. The van der Waals surface area contributed by atoms with Gasteiger partial charge in [-0.2, -0.15) is 13.2 Å². The van der Waals surface area contributed by atoms with Gasteiger partial charge in [-0.25, -0.2) is 9.97 Å². The molecule has 0 aliphatic rings. The van der Waals surface area contributed by atoms with Crippen LogP contribution in [-0.2, 0) is 43.2 Å². The van der Waals surface area contributed by atoms with Crippen molar-refractivity contribution in [3.8, 4) is 0 Å². The highest BCUT2D eigenvalue weighted by molar-refractivity contribution is 5.77. The number of nitrogens with two attached hydrogens (primary N) is 2. The molecular weight excluding hydrogens is 405 g/mol. The van der Waals surface area contributed by atoms with Crippen LogP contribution in [-0.4, -0.2) is 15.9 Å². The Kier molecular flexibility index (Phi) is 7.02. The lowest BCUT2D eigenvalue weighted by Crippen LogP contribution is -2.16. The van der Waals surface area contributed by atoms with Crippen LogP contribution >= 0.6 is 0 Å². The summed E-state index contributed by atoms with van der Waals surface area (Å²) in [5, 5.41) is 0. The number of hydrogen-bond acceptors (Lipinski definition) is 4. The molecule has 0 saturated heterocycles. The molecule has 1 amide bonds.